The van der Waals surface area contributed by atoms with Gasteiger partial charge in [-0.05, 0) is 61.0 Å². The van der Waals surface area contributed by atoms with Gasteiger partial charge in [0.05, 0.1) is 7.11 Å². The van der Waals surface area contributed by atoms with E-state index in [0.29, 0.717) is 27.0 Å². The molecule has 3 rings (SSSR count). The molecule has 0 atom stereocenters. The molecular formula is C22H19Cl2NO3. The molecule has 3 aromatic carbocycles. The molecule has 0 radical (unpaired) electrons. The van der Waals surface area contributed by atoms with Gasteiger partial charge in [0.25, 0.3) is 5.91 Å². The van der Waals surface area contributed by atoms with Gasteiger partial charge in [0, 0.05) is 26.9 Å². The summed E-state index contributed by atoms with van der Waals surface area (Å²) in [4.78, 5) is 12.6. The number of nitrogens with one attached hydrogen (secondary N) is 1. The van der Waals surface area contributed by atoms with E-state index in [0.717, 1.165) is 16.9 Å². The van der Waals surface area contributed by atoms with Crippen LogP contribution in [0.25, 0.3) is 0 Å². The molecule has 28 heavy (non-hydrogen) atoms. The predicted molar refractivity (Wildman–Crippen MR) is 113 cm³/mol. The molecule has 6 heteroatoms. The second kappa shape index (κ2) is 9.00. The third-order valence-corrected chi connectivity index (χ3v) is 4.48. The fourth-order valence-corrected chi connectivity index (χ4v) is 3.25. The van der Waals surface area contributed by atoms with Gasteiger partial charge in [-0.3, -0.25) is 4.79 Å². The zero-order chi connectivity index (χ0) is 20.1. The second-order valence-corrected chi connectivity index (χ2v) is 7.12. The number of benzene rings is 3. The summed E-state index contributed by atoms with van der Waals surface area (Å²) in [5.74, 6) is 1.12. The van der Waals surface area contributed by atoms with Crippen LogP contribution in [0.3, 0.4) is 0 Å². The average Bonchev–Trinajstić information content (AvgIpc) is 2.65. The molecule has 0 bridgehead atoms. The highest BCUT2D eigenvalue weighted by Gasteiger charge is 2.12. The van der Waals surface area contributed by atoms with Crippen molar-refractivity contribution in [2.24, 2.45) is 0 Å². The summed E-state index contributed by atoms with van der Waals surface area (Å²) in [6.45, 7) is 2.28. The Bertz CT molecular complexity index is 985. The summed E-state index contributed by atoms with van der Waals surface area (Å²) >= 11 is 12.0. The molecule has 0 aliphatic rings. The van der Waals surface area contributed by atoms with Gasteiger partial charge >= 0.3 is 0 Å². The number of carbonyl (C=O) groups is 1. The summed E-state index contributed by atoms with van der Waals surface area (Å²) in [5, 5.41) is 3.69. The molecule has 4 nitrogen and oxygen atoms in total. The summed E-state index contributed by atoms with van der Waals surface area (Å²) < 4.78 is 11.2. The van der Waals surface area contributed by atoms with E-state index >= 15 is 0 Å². The van der Waals surface area contributed by atoms with Crippen molar-refractivity contribution in [3.8, 4) is 11.5 Å². The van der Waals surface area contributed by atoms with Gasteiger partial charge in [0.2, 0.25) is 0 Å². The molecular weight excluding hydrogens is 397 g/mol. The van der Waals surface area contributed by atoms with Gasteiger partial charge in [0.15, 0.2) is 0 Å². The minimum Gasteiger partial charge on any atom is -0.496 e. The topological polar surface area (TPSA) is 47.6 Å². The Balaban J connectivity index is 1.78. The van der Waals surface area contributed by atoms with E-state index < -0.39 is 0 Å². The van der Waals surface area contributed by atoms with Crippen LogP contribution in [0.15, 0.2) is 60.7 Å². The number of ether oxygens (including phenoxy) is 2. The maximum atomic E-state index is 12.6. The van der Waals surface area contributed by atoms with E-state index in [4.69, 9.17) is 32.7 Å². The number of carbonyl (C=O) groups excluding carboxylic acids is 1. The maximum Gasteiger partial charge on any atom is 0.255 e. The molecule has 0 unspecified atom stereocenters. The van der Waals surface area contributed by atoms with E-state index in [1.54, 1.807) is 43.5 Å². The third kappa shape index (κ3) is 5.18. The van der Waals surface area contributed by atoms with Crippen LogP contribution >= 0.6 is 23.2 Å². The Morgan fingerprint density at radius 3 is 2.43 bits per heavy atom. The number of amides is 1. The van der Waals surface area contributed by atoms with Crippen LogP contribution in [-0.4, -0.2) is 13.0 Å². The van der Waals surface area contributed by atoms with Crippen molar-refractivity contribution in [1.82, 2.24) is 0 Å². The van der Waals surface area contributed by atoms with Crippen molar-refractivity contribution in [2.45, 2.75) is 13.5 Å². The first-order valence-corrected chi connectivity index (χ1v) is 9.34. The highest BCUT2D eigenvalue weighted by atomic mass is 35.5. The third-order valence-electron chi connectivity index (χ3n) is 4.05. The standard InChI is InChI=1S/C22H19Cl2NO3/c1-14-4-3-5-20(8-14)28-13-16-9-15(6-7-21(16)27-2)22(26)25-19-11-17(23)10-18(24)12-19/h3-12H,13H2,1-2H3,(H,25,26). The van der Waals surface area contributed by atoms with Crippen LogP contribution in [0.4, 0.5) is 5.69 Å². The minimum atomic E-state index is -0.280. The van der Waals surface area contributed by atoms with Crippen LogP contribution in [0.5, 0.6) is 11.5 Å². The van der Waals surface area contributed by atoms with Crippen molar-refractivity contribution >= 4 is 34.8 Å². The number of hydrogen-bond donors (Lipinski definition) is 1. The summed E-state index contributed by atoms with van der Waals surface area (Å²) in [6.07, 6.45) is 0. The van der Waals surface area contributed by atoms with Crippen molar-refractivity contribution in [1.29, 1.82) is 0 Å². The smallest absolute Gasteiger partial charge is 0.255 e. The highest BCUT2D eigenvalue weighted by molar-refractivity contribution is 6.35. The first kappa shape index (κ1) is 20.1. The van der Waals surface area contributed by atoms with E-state index in [1.807, 2.05) is 31.2 Å². The number of methoxy groups -OCH3 is 1. The van der Waals surface area contributed by atoms with Crippen LogP contribution in [0.1, 0.15) is 21.5 Å². The molecule has 3 aromatic rings. The number of rotatable bonds is 6. The molecule has 0 heterocycles. The van der Waals surface area contributed by atoms with Crippen LogP contribution in [0.2, 0.25) is 10.0 Å². The Hall–Kier alpha value is -2.69. The lowest BCUT2D eigenvalue weighted by molar-refractivity contribution is 0.102. The van der Waals surface area contributed by atoms with Gasteiger partial charge in [-0.1, -0.05) is 35.3 Å². The Morgan fingerprint density at radius 2 is 1.75 bits per heavy atom. The SMILES string of the molecule is COc1ccc(C(=O)Nc2cc(Cl)cc(Cl)c2)cc1COc1cccc(C)c1. The predicted octanol–water partition coefficient (Wildman–Crippen LogP) is 6.14. The van der Waals surface area contributed by atoms with Gasteiger partial charge in [-0.15, -0.1) is 0 Å². The summed E-state index contributed by atoms with van der Waals surface area (Å²) in [7, 11) is 1.58. The molecule has 0 aromatic heterocycles. The number of hydrogen-bond acceptors (Lipinski definition) is 3. The average molecular weight is 416 g/mol. The van der Waals surface area contributed by atoms with E-state index in [2.05, 4.69) is 5.32 Å². The van der Waals surface area contributed by atoms with Gasteiger partial charge in [-0.2, -0.15) is 0 Å². The van der Waals surface area contributed by atoms with Crippen molar-refractivity contribution < 1.29 is 14.3 Å². The molecule has 0 saturated heterocycles. The Morgan fingerprint density at radius 1 is 1.00 bits per heavy atom. The number of halogens is 2. The lowest BCUT2D eigenvalue weighted by Gasteiger charge is -2.13. The van der Waals surface area contributed by atoms with Gasteiger partial charge in [0.1, 0.15) is 18.1 Å². The quantitative estimate of drug-likeness (QED) is 0.525. The first-order chi connectivity index (χ1) is 13.4. The van der Waals surface area contributed by atoms with Crippen molar-refractivity contribution in [3.63, 3.8) is 0 Å². The summed E-state index contributed by atoms with van der Waals surface area (Å²) in [5.41, 5.74) is 2.87. The molecule has 0 aliphatic carbocycles. The lowest BCUT2D eigenvalue weighted by atomic mass is 10.1. The molecule has 1 N–H and O–H groups in total. The molecule has 1 amide bonds. The zero-order valence-corrected chi connectivity index (χ0v) is 17.0. The molecule has 0 fully saturated rings. The second-order valence-electron chi connectivity index (χ2n) is 6.24. The molecule has 144 valence electrons. The maximum absolute atomic E-state index is 12.6. The van der Waals surface area contributed by atoms with Crippen molar-refractivity contribution in [3.05, 3.63) is 87.4 Å². The van der Waals surface area contributed by atoms with Gasteiger partial charge in [-0.25, -0.2) is 0 Å². The molecule has 0 spiro atoms. The van der Waals surface area contributed by atoms with E-state index in [-0.39, 0.29) is 12.5 Å². The number of aryl methyl sites for hydroxylation is 1. The fourth-order valence-electron chi connectivity index (χ4n) is 2.73. The number of anilines is 1. The normalized spacial score (nSPS) is 10.4. The fraction of sp³-hybridized carbons (Fsp3) is 0.136. The Kier molecular flexibility index (Phi) is 6.45. The van der Waals surface area contributed by atoms with Crippen LogP contribution in [-0.2, 0) is 6.61 Å². The van der Waals surface area contributed by atoms with Gasteiger partial charge < -0.3 is 14.8 Å². The zero-order valence-electron chi connectivity index (χ0n) is 15.5. The highest BCUT2D eigenvalue weighted by Crippen LogP contribution is 2.25. The molecule has 0 aliphatic heterocycles. The van der Waals surface area contributed by atoms with E-state index in [1.165, 1.54) is 0 Å². The van der Waals surface area contributed by atoms with Crippen molar-refractivity contribution in [2.75, 3.05) is 12.4 Å². The largest absolute Gasteiger partial charge is 0.496 e. The lowest BCUT2D eigenvalue weighted by Crippen LogP contribution is -2.13. The summed E-state index contributed by atoms with van der Waals surface area (Å²) in [6, 6.07) is 17.8. The Labute approximate surface area is 174 Å². The monoisotopic (exact) mass is 415 g/mol. The van der Waals surface area contributed by atoms with E-state index in [9.17, 15) is 4.79 Å². The van der Waals surface area contributed by atoms with Crippen LogP contribution in [0, 0.1) is 6.92 Å². The van der Waals surface area contributed by atoms with Crippen LogP contribution < -0.4 is 14.8 Å². The molecule has 0 saturated carbocycles. The minimum absolute atomic E-state index is 0.275. The first-order valence-electron chi connectivity index (χ1n) is 8.58.